The molecule has 2 aromatic carbocycles. The number of nitrogens with two attached hydrogens (primary N) is 1. The van der Waals surface area contributed by atoms with Crippen molar-refractivity contribution in [2.75, 3.05) is 0 Å². The highest BCUT2D eigenvalue weighted by atomic mass is 32.2. The van der Waals surface area contributed by atoms with Gasteiger partial charge in [-0.05, 0) is 29.8 Å². The van der Waals surface area contributed by atoms with Gasteiger partial charge in [0.15, 0.2) is 0 Å². The van der Waals surface area contributed by atoms with Crippen molar-refractivity contribution in [3.8, 4) is 16.9 Å². The number of aliphatic hydroxyl groups excluding tert-OH is 1. The van der Waals surface area contributed by atoms with Gasteiger partial charge in [0.05, 0.1) is 22.9 Å². The molecule has 0 aliphatic carbocycles. The molecular formula is C17H15F2N3O3S. The molecule has 0 aliphatic rings. The number of sulfonamides is 1. The van der Waals surface area contributed by atoms with E-state index in [9.17, 15) is 22.3 Å². The van der Waals surface area contributed by atoms with Crippen molar-refractivity contribution in [1.82, 2.24) is 9.78 Å². The average molecular weight is 379 g/mol. The second-order valence-corrected chi connectivity index (χ2v) is 7.06. The van der Waals surface area contributed by atoms with E-state index < -0.39 is 28.7 Å². The van der Waals surface area contributed by atoms with E-state index in [0.29, 0.717) is 16.9 Å². The van der Waals surface area contributed by atoms with E-state index in [0.717, 1.165) is 0 Å². The minimum atomic E-state index is -4.02. The summed E-state index contributed by atoms with van der Waals surface area (Å²) in [5, 5.41) is 18.5. The van der Waals surface area contributed by atoms with Gasteiger partial charge in [-0.2, -0.15) is 5.10 Å². The largest absolute Gasteiger partial charge is 0.392 e. The maximum atomic E-state index is 13.1. The molecule has 9 heteroatoms. The fraction of sp³-hybridized carbons (Fsp3) is 0.118. The Morgan fingerprint density at radius 3 is 2.38 bits per heavy atom. The molecule has 0 radical (unpaired) electrons. The van der Waals surface area contributed by atoms with Gasteiger partial charge in [0.25, 0.3) is 6.43 Å². The molecule has 0 saturated heterocycles. The van der Waals surface area contributed by atoms with Gasteiger partial charge < -0.3 is 5.11 Å². The average Bonchev–Trinajstić information content (AvgIpc) is 3.07. The minimum absolute atomic E-state index is 0.0538. The first-order valence-corrected chi connectivity index (χ1v) is 9.06. The Morgan fingerprint density at radius 2 is 1.81 bits per heavy atom. The molecule has 26 heavy (non-hydrogen) atoms. The Hall–Kier alpha value is -2.62. The fourth-order valence-corrected chi connectivity index (χ4v) is 3.36. The zero-order valence-corrected chi connectivity index (χ0v) is 14.2. The van der Waals surface area contributed by atoms with E-state index in [-0.39, 0.29) is 10.5 Å². The smallest absolute Gasteiger partial charge is 0.282 e. The summed E-state index contributed by atoms with van der Waals surface area (Å²) in [6.07, 6.45) is -2.76. The number of alkyl halides is 2. The molecule has 0 bridgehead atoms. The van der Waals surface area contributed by atoms with Crippen LogP contribution in [0.1, 0.15) is 17.7 Å². The van der Waals surface area contributed by atoms with Crippen molar-refractivity contribution < 1.29 is 22.3 Å². The number of hydrogen-bond donors (Lipinski definition) is 2. The van der Waals surface area contributed by atoms with Crippen LogP contribution < -0.4 is 5.14 Å². The number of aromatic nitrogens is 2. The molecule has 0 atom stereocenters. The summed E-state index contributed by atoms with van der Waals surface area (Å²) in [6, 6.07) is 14.0. The van der Waals surface area contributed by atoms with Crippen molar-refractivity contribution >= 4 is 10.0 Å². The van der Waals surface area contributed by atoms with Crippen molar-refractivity contribution in [2.24, 2.45) is 5.14 Å². The maximum Gasteiger partial charge on any atom is 0.282 e. The first kappa shape index (κ1) is 18.2. The third kappa shape index (κ3) is 3.50. The van der Waals surface area contributed by atoms with Crippen LogP contribution in [0.3, 0.4) is 0 Å². The van der Waals surface area contributed by atoms with Crippen LogP contribution in [0.15, 0.2) is 59.5 Å². The number of aliphatic hydroxyl groups is 1. The van der Waals surface area contributed by atoms with Crippen LogP contribution >= 0.6 is 0 Å². The Balaban J connectivity index is 2.21. The number of benzene rings is 2. The molecule has 136 valence electrons. The van der Waals surface area contributed by atoms with Gasteiger partial charge in [-0.3, -0.25) is 0 Å². The van der Waals surface area contributed by atoms with Gasteiger partial charge in [0.1, 0.15) is 5.69 Å². The summed E-state index contributed by atoms with van der Waals surface area (Å²) in [5.41, 5.74) is 1.04. The summed E-state index contributed by atoms with van der Waals surface area (Å²) >= 11 is 0. The third-order valence-electron chi connectivity index (χ3n) is 3.79. The minimum Gasteiger partial charge on any atom is -0.392 e. The second-order valence-electron chi connectivity index (χ2n) is 5.53. The summed E-state index contributed by atoms with van der Waals surface area (Å²) in [6.45, 7) is -0.580. The van der Waals surface area contributed by atoms with Crippen LogP contribution in [0.4, 0.5) is 8.78 Å². The molecule has 3 rings (SSSR count). The van der Waals surface area contributed by atoms with Gasteiger partial charge in [-0.15, -0.1) is 0 Å². The summed E-state index contributed by atoms with van der Waals surface area (Å²) in [7, 11) is -4.02. The van der Waals surface area contributed by atoms with Crippen molar-refractivity contribution in [2.45, 2.75) is 17.9 Å². The number of nitrogens with zero attached hydrogens (tertiary/aromatic N) is 2. The Labute approximate surface area is 148 Å². The fourth-order valence-electron chi connectivity index (χ4n) is 2.62. The SMILES string of the molecule is NS(=O)(=O)c1ccc(-n2nc(C(F)F)cc2-c2ccccc2)cc1CO. The molecule has 6 nitrogen and oxygen atoms in total. The quantitative estimate of drug-likeness (QED) is 0.712. The first-order valence-electron chi connectivity index (χ1n) is 7.51. The molecule has 3 aromatic rings. The lowest BCUT2D eigenvalue weighted by Crippen LogP contribution is -2.15. The lowest BCUT2D eigenvalue weighted by molar-refractivity contribution is 0.145. The summed E-state index contributed by atoms with van der Waals surface area (Å²) in [5.74, 6) is 0. The number of halogens is 2. The molecule has 3 N–H and O–H groups in total. The Morgan fingerprint density at radius 1 is 1.12 bits per heavy atom. The number of hydrogen-bond acceptors (Lipinski definition) is 4. The Bertz CT molecular complexity index is 1030. The van der Waals surface area contributed by atoms with E-state index in [1.807, 2.05) is 0 Å². The van der Waals surface area contributed by atoms with Crippen LogP contribution in [-0.2, 0) is 16.6 Å². The van der Waals surface area contributed by atoms with Crippen LogP contribution in [0.2, 0.25) is 0 Å². The van der Waals surface area contributed by atoms with Gasteiger partial charge >= 0.3 is 0 Å². The summed E-state index contributed by atoms with van der Waals surface area (Å²) < 4.78 is 50.7. The maximum absolute atomic E-state index is 13.1. The van der Waals surface area contributed by atoms with Crippen LogP contribution in [0.25, 0.3) is 16.9 Å². The van der Waals surface area contributed by atoms with Crippen LogP contribution in [-0.4, -0.2) is 23.3 Å². The standard InChI is InChI=1S/C17H15F2N3O3S/c18-17(19)14-9-15(11-4-2-1-3-5-11)22(21-14)13-6-7-16(26(20,24)25)12(8-13)10-23/h1-9,17,23H,10H2,(H2,20,24,25). The third-order valence-corrected chi connectivity index (χ3v) is 4.80. The van der Waals surface area contributed by atoms with Crippen molar-refractivity contribution in [1.29, 1.82) is 0 Å². The van der Waals surface area contributed by atoms with E-state index in [1.165, 1.54) is 28.9 Å². The predicted molar refractivity (Wildman–Crippen MR) is 91.3 cm³/mol. The molecule has 0 saturated carbocycles. The predicted octanol–water partition coefficient (Wildman–Crippen LogP) is 2.62. The van der Waals surface area contributed by atoms with Crippen LogP contribution in [0, 0.1) is 0 Å². The van der Waals surface area contributed by atoms with Gasteiger partial charge in [0.2, 0.25) is 10.0 Å². The zero-order chi connectivity index (χ0) is 18.9. The Kier molecular flexibility index (Phi) is 4.86. The first-order chi connectivity index (χ1) is 12.3. The normalized spacial score (nSPS) is 11.9. The number of rotatable bonds is 5. The van der Waals surface area contributed by atoms with Crippen molar-refractivity contribution in [3.05, 3.63) is 65.9 Å². The van der Waals surface area contributed by atoms with Gasteiger partial charge in [-0.1, -0.05) is 30.3 Å². The second kappa shape index (κ2) is 6.94. The molecule has 0 unspecified atom stereocenters. The monoisotopic (exact) mass is 379 g/mol. The molecule has 0 fully saturated rings. The molecular weight excluding hydrogens is 364 g/mol. The van der Waals surface area contributed by atoms with E-state index in [1.54, 1.807) is 30.3 Å². The molecule has 0 aliphatic heterocycles. The van der Waals surface area contributed by atoms with E-state index in [2.05, 4.69) is 5.10 Å². The highest BCUT2D eigenvalue weighted by Crippen LogP contribution is 2.29. The van der Waals surface area contributed by atoms with E-state index in [4.69, 9.17) is 5.14 Å². The number of primary sulfonamides is 1. The summed E-state index contributed by atoms with van der Waals surface area (Å²) in [4.78, 5) is -0.230. The van der Waals surface area contributed by atoms with Gasteiger partial charge in [0, 0.05) is 5.56 Å². The zero-order valence-electron chi connectivity index (χ0n) is 13.4. The molecule has 0 amide bonds. The lowest BCUT2D eigenvalue weighted by Gasteiger charge is -2.11. The highest BCUT2D eigenvalue weighted by Gasteiger charge is 2.20. The topological polar surface area (TPSA) is 98.2 Å². The molecule has 1 heterocycles. The van der Waals surface area contributed by atoms with Crippen LogP contribution in [0.5, 0.6) is 0 Å². The highest BCUT2D eigenvalue weighted by molar-refractivity contribution is 7.89. The van der Waals surface area contributed by atoms with Crippen molar-refractivity contribution in [3.63, 3.8) is 0 Å². The van der Waals surface area contributed by atoms with E-state index >= 15 is 0 Å². The lowest BCUT2D eigenvalue weighted by atomic mass is 10.1. The molecule has 1 aromatic heterocycles. The molecule has 0 spiro atoms. The van der Waals surface area contributed by atoms with Gasteiger partial charge in [-0.25, -0.2) is 27.0 Å².